The van der Waals surface area contributed by atoms with Crippen LogP contribution in [0.1, 0.15) is 39.9 Å². The van der Waals surface area contributed by atoms with Crippen LogP contribution in [0.15, 0.2) is 66.7 Å². The third kappa shape index (κ3) is 2.48. The zero-order valence-corrected chi connectivity index (χ0v) is 16.4. The molecule has 0 bridgehead atoms. The number of rotatable bonds is 3. The minimum Gasteiger partial charge on any atom is -0.456 e. The molecule has 3 heterocycles. The lowest BCUT2D eigenvalue weighted by molar-refractivity contribution is 0.0224. The van der Waals surface area contributed by atoms with Gasteiger partial charge in [0.1, 0.15) is 11.5 Å². The lowest BCUT2D eigenvalue weighted by atomic mass is 9.77. The van der Waals surface area contributed by atoms with Crippen molar-refractivity contribution in [2.45, 2.75) is 24.5 Å². The molecule has 30 heavy (non-hydrogen) atoms. The molecule has 6 rings (SSSR count). The van der Waals surface area contributed by atoms with Crippen LogP contribution in [0.2, 0.25) is 0 Å². The Balaban J connectivity index is 1.50. The third-order valence-electron chi connectivity index (χ3n) is 6.18. The van der Waals surface area contributed by atoms with Gasteiger partial charge in [0.25, 0.3) is 0 Å². The number of nitrogens with one attached hydrogen (secondary N) is 1. The van der Waals surface area contributed by atoms with Gasteiger partial charge in [-0.15, -0.1) is 0 Å². The van der Waals surface area contributed by atoms with E-state index in [1.807, 2.05) is 66.7 Å². The molecule has 0 radical (unpaired) electrons. The van der Waals surface area contributed by atoms with Gasteiger partial charge in [0, 0.05) is 35.5 Å². The molecule has 1 unspecified atom stereocenters. The summed E-state index contributed by atoms with van der Waals surface area (Å²) in [5.74, 6) is 1.09. The van der Waals surface area contributed by atoms with Gasteiger partial charge < -0.3 is 19.5 Å². The van der Waals surface area contributed by atoms with E-state index in [2.05, 4.69) is 5.32 Å². The van der Waals surface area contributed by atoms with Gasteiger partial charge in [0.15, 0.2) is 5.60 Å². The maximum atomic E-state index is 12.9. The van der Waals surface area contributed by atoms with E-state index in [0.29, 0.717) is 17.1 Å². The molecule has 0 saturated carbocycles. The first-order chi connectivity index (χ1) is 14.8. The SMILES string of the molecule is O=C1OC2(c3ccccc3Oc3ccccc32)c2cc(NCC3CCCO3)ccc21. The van der Waals surface area contributed by atoms with Crippen molar-refractivity contribution in [1.29, 1.82) is 0 Å². The van der Waals surface area contributed by atoms with Gasteiger partial charge in [-0.25, -0.2) is 4.79 Å². The molecule has 150 valence electrons. The van der Waals surface area contributed by atoms with E-state index < -0.39 is 5.60 Å². The first-order valence-electron chi connectivity index (χ1n) is 10.4. The summed E-state index contributed by atoms with van der Waals surface area (Å²) in [6.07, 6.45) is 2.41. The molecule has 0 aromatic heterocycles. The molecule has 1 saturated heterocycles. The highest BCUT2D eigenvalue weighted by Gasteiger charge is 2.53. The smallest absolute Gasteiger partial charge is 0.340 e. The Bertz CT molecular complexity index is 1100. The van der Waals surface area contributed by atoms with Crippen molar-refractivity contribution in [2.75, 3.05) is 18.5 Å². The Hall–Kier alpha value is -3.31. The Kier molecular flexibility index (Phi) is 3.86. The lowest BCUT2D eigenvalue weighted by Gasteiger charge is -2.36. The Labute approximate surface area is 174 Å². The Morgan fingerprint density at radius 2 is 1.67 bits per heavy atom. The quantitative estimate of drug-likeness (QED) is 0.639. The van der Waals surface area contributed by atoms with Crippen LogP contribution in [0.25, 0.3) is 0 Å². The summed E-state index contributed by atoms with van der Waals surface area (Å²) < 4.78 is 18.0. The van der Waals surface area contributed by atoms with Gasteiger partial charge in [-0.1, -0.05) is 36.4 Å². The average Bonchev–Trinajstić information content (AvgIpc) is 3.40. The van der Waals surface area contributed by atoms with Crippen LogP contribution in [-0.2, 0) is 15.1 Å². The summed E-state index contributed by atoms with van der Waals surface area (Å²) >= 11 is 0. The number of anilines is 1. The van der Waals surface area contributed by atoms with Crippen LogP contribution < -0.4 is 10.1 Å². The predicted octanol–water partition coefficient (Wildman–Crippen LogP) is 4.85. The third-order valence-corrected chi connectivity index (χ3v) is 6.18. The van der Waals surface area contributed by atoms with Crippen LogP contribution in [-0.4, -0.2) is 25.2 Å². The molecule has 1 fully saturated rings. The number of benzene rings is 3. The fourth-order valence-corrected chi connectivity index (χ4v) is 4.77. The Morgan fingerprint density at radius 3 is 2.37 bits per heavy atom. The van der Waals surface area contributed by atoms with Gasteiger partial charge in [0.2, 0.25) is 0 Å². The standard InChI is InChI=1S/C25H21NO4/c27-24-18-12-11-16(26-15-17-6-5-13-28-17)14-21(18)25(30-24)19-7-1-3-9-22(19)29-23-10-4-2-8-20(23)25/h1-4,7-12,14,17,26H,5-6,13,15H2. The molecule has 1 atom stereocenters. The van der Waals surface area contributed by atoms with Crippen LogP contribution in [0.5, 0.6) is 11.5 Å². The molecule has 3 aromatic carbocycles. The van der Waals surface area contributed by atoms with Crippen molar-refractivity contribution < 1.29 is 19.0 Å². The van der Waals surface area contributed by atoms with E-state index in [-0.39, 0.29) is 12.1 Å². The first kappa shape index (κ1) is 17.5. The molecule has 5 nitrogen and oxygen atoms in total. The largest absolute Gasteiger partial charge is 0.456 e. The van der Waals surface area contributed by atoms with Gasteiger partial charge in [0.05, 0.1) is 11.7 Å². The molecule has 1 N–H and O–H groups in total. The van der Waals surface area contributed by atoms with Crippen molar-refractivity contribution >= 4 is 11.7 Å². The number of para-hydroxylation sites is 2. The number of fused-ring (bicyclic) bond motifs is 6. The van der Waals surface area contributed by atoms with Crippen molar-refractivity contribution in [3.63, 3.8) is 0 Å². The molecule has 0 aliphatic carbocycles. The van der Waals surface area contributed by atoms with Gasteiger partial charge >= 0.3 is 5.97 Å². The van der Waals surface area contributed by atoms with Gasteiger partial charge in [-0.2, -0.15) is 0 Å². The van der Waals surface area contributed by atoms with Gasteiger partial charge in [-0.3, -0.25) is 0 Å². The maximum absolute atomic E-state index is 12.9. The van der Waals surface area contributed by atoms with Gasteiger partial charge in [-0.05, 0) is 43.2 Å². The average molecular weight is 399 g/mol. The van der Waals surface area contributed by atoms with Crippen LogP contribution >= 0.6 is 0 Å². The molecule has 3 aliphatic heterocycles. The zero-order chi connectivity index (χ0) is 20.1. The van der Waals surface area contributed by atoms with Crippen molar-refractivity contribution in [3.8, 4) is 11.5 Å². The first-order valence-corrected chi connectivity index (χ1v) is 10.4. The van der Waals surface area contributed by atoms with Crippen LogP contribution in [0.4, 0.5) is 5.69 Å². The fourth-order valence-electron chi connectivity index (χ4n) is 4.77. The highest BCUT2D eigenvalue weighted by atomic mass is 16.6. The van der Waals surface area contributed by atoms with Crippen molar-refractivity contribution in [2.24, 2.45) is 0 Å². The predicted molar refractivity (Wildman–Crippen MR) is 112 cm³/mol. The topological polar surface area (TPSA) is 56.8 Å². The minimum absolute atomic E-state index is 0.231. The van der Waals surface area contributed by atoms with E-state index in [0.717, 1.165) is 48.4 Å². The van der Waals surface area contributed by atoms with E-state index in [1.165, 1.54) is 0 Å². The molecule has 0 amide bonds. The highest BCUT2D eigenvalue weighted by Crippen LogP contribution is 2.56. The van der Waals surface area contributed by atoms with Crippen molar-refractivity contribution in [3.05, 3.63) is 89.0 Å². The summed E-state index contributed by atoms with van der Waals surface area (Å²) in [6.45, 7) is 1.58. The summed E-state index contributed by atoms with van der Waals surface area (Å²) in [4.78, 5) is 12.9. The maximum Gasteiger partial charge on any atom is 0.340 e. The Morgan fingerprint density at radius 1 is 0.933 bits per heavy atom. The van der Waals surface area contributed by atoms with E-state index in [1.54, 1.807) is 0 Å². The van der Waals surface area contributed by atoms with Crippen LogP contribution in [0.3, 0.4) is 0 Å². The fraction of sp³-hybridized carbons (Fsp3) is 0.240. The van der Waals surface area contributed by atoms with Crippen molar-refractivity contribution in [1.82, 2.24) is 0 Å². The number of carbonyl (C=O) groups excluding carboxylic acids is 1. The molecule has 5 heteroatoms. The van der Waals surface area contributed by atoms with E-state index in [9.17, 15) is 4.79 Å². The molecule has 1 spiro atoms. The molecule has 3 aromatic rings. The second-order valence-electron chi connectivity index (χ2n) is 7.94. The van der Waals surface area contributed by atoms with Crippen LogP contribution in [0, 0.1) is 0 Å². The second-order valence-corrected chi connectivity index (χ2v) is 7.94. The van der Waals surface area contributed by atoms with E-state index in [4.69, 9.17) is 14.2 Å². The highest BCUT2D eigenvalue weighted by molar-refractivity contribution is 5.97. The summed E-state index contributed by atoms with van der Waals surface area (Å²) in [5.41, 5.74) is 3.04. The molecular formula is C25H21NO4. The second kappa shape index (κ2) is 6.61. The summed E-state index contributed by atoms with van der Waals surface area (Å²) in [6, 6.07) is 21.4. The number of hydrogen-bond donors (Lipinski definition) is 1. The summed E-state index contributed by atoms with van der Waals surface area (Å²) in [7, 11) is 0. The minimum atomic E-state index is -1.01. The summed E-state index contributed by atoms with van der Waals surface area (Å²) in [5, 5.41) is 3.48. The monoisotopic (exact) mass is 399 g/mol. The number of esters is 1. The number of hydrogen-bond acceptors (Lipinski definition) is 5. The van der Waals surface area contributed by atoms with E-state index >= 15 is 0 Å². The molecular weight excluding hydrogens is 378 g/mol. The lowest BCUT2D eigenvalue weighted by Crippen LogP contribution is -2.33. The zero-order valence-electron chi connectivity index (χ0n) is 16.4. The number of carbonyl (C=O) groups is 1. The normalized spacial score (nSPS) is 20.1. The number of ether oxygens (including phenoxy) is 3. The molecule has 3 aliphatic rings.